The SMILES string of the molecule is CCCCCS(=O)(=O)Cc1cc(CN)ccc1F. The zero-order valence-corrected chi connectivity index (χ0v) is 11.5. The average molecular weight is 273 g/mol. The molecule has 0 saturated carbocycles. The maximum absolute atomic E-state index is 13.5. The number of sulfone groups is 1. The van der Waals surface area contributed by atoms with Crippen molar-refractivity contribution < 1.29 is 12.8 Å². The third-order valence-corrected chi connectivity index (χ3v) is 4.44. The second-order valence-corrected chi connectivity index (χ2v) is 6.61. The molecule has 18 heavy (non-hydrogen) atoms. The number of halogens is 1. The Bertz CT molecular complexity index is 486. The fourth-order valence-corrected chi connectivity index (χ4v) is 3.23. The Kier molecular flexibility index (Phi) is 5.75. The Hall–Kier alpha value is -0.940. The van der Waals surface area contributed by atoms with Crippen molar-refractivity contribution in [1.29, 1.82) is 0 Å². The molecule has 0 spiro atoms. The molecule has 0 fully saturated rings. The summed E-state index contributed by atoms with van der Waals surface area (Å²) in [6.45, 7) is 2.29. The van der Waals surface area contributed by atoms with Crippen molar-refractivity contribution in [2.75, 3.05) is 5.75 Å². The van der Waals surface area contributed by atoms with Gasteiger partial charge < -0.3 is 5.73 Å². The molecule has 0 heterocycles. The van der Waals surface area contributed by atoms with E-state index in [1.807, 2.05) is 6.92 Å². The van der Waals surface area contributed by atoms with E-state index in [1.165, 1.54) is 12.1 Å². The summed E-state index contributed by atoms with van der Waals surface area (Å²) in [4.78, 5) is 0. The summed E-state index contributed by atoms with van der Waals surface area (Å²) in [5.41, 5.74) is 6.42. The highest BCUT2D eigenvalue weighted by Crippen LogP contribution is 2.15. The van der Waals surface area contributed by atoms with Gasteiger partial charge in [0, 0.05) is 12.1 Å². The maximum atomic E-state index is 13.5. The lowest BCUT2D eigenvalue weighted by atomic mass is 10.1. The minimum Gasteiger partial charge on any atom is -0.326 e. The van der Waals surface area contributed by atoms with Crippen LogP contribution < -0.4 is 5.73 Å². The van der Waals surface area contributed by atoms with Crippen molar-refractivity contribution in [1.82, 2.24) is 0 Å². The molecule has 0 unspecified atom stereocenters. The number of benzene rings is 1. The van der Waals surface area contributed by atoms with E-state index in [1.54, 1.807) is 6.07 Å². The summed E-state index contributed by atoms with van der Waals surface area (Å²) >= 11 is 0. The van der Waals surface area contributed by atoms with E-state index in [2.05, 4.69) is 0 Å². The van der Waals surface area contributed by atoms with Gasteiger partial charge in [-0.15, -0.1) is 0 Å². The topological polar surface area (TPSA) is 60.2 Å². The molecule has 1 aromatic carbocycles. The Morgan fingerprint density at radius 2 is 2.00 bits per heavy atom. The fourth-order valence-electron chi connectivity index (χ4n) is 1.75. The van der Waals surface area contributed by atoms with Crippen LogP contribution in [0.4, 0.5) is 4.39 Å². The van der Waals surface area contributed by atoms with Crippen LogP contribution in [0.15, 0.2) is 18.2 Å². The van der Waals surface area contributed by atoms with Gasteiger partial charge in [0.05, 0.1) is 11.5 Å². The van der Waals surface area contributed by atoms with Crippen LogP contribution in [0.1, 0.15) is 37.3 Å². The molecule has 0 aromatic heterocycles. The molecule has 0 saturated heterocycles. The van der Waals surface area contributed by atoms with E-state index in [9.17, 15) is 12.8 Å². The smallest absolute Gasteiger partial charge is 0.154 e. The highest BCUT2D eigenvalue weighted by atomic mass is 32.2. The van der Waals surface area contributed by atoms with Crippen molar-refractivity contribution in [3.05, 3.63) is 35.1 Å². The van der Waals surface area contributed by atoms with Crippen molar-refractivity contribution in [3.63, 3.8) is 0 Å². The molecule has 0 bridgehead atoms. The van der Waals surface area contributed by atoms with Gasteiger partial charge in [-0.1, -0.05) is 31.9 Å². The lowest BCUT2D eigenvalue weighted by molar-refractivity contribution is 0.582. The summed E-state index contributed by atoms with van der Waals surface area (Å²) in [5.74, 6) is -0.602. The second kappa shape index (κ2) is 6.85. The molecular formula is C13H20FNO2S. The van der Waals surface area contributed by atoms with Crippen LogP contribution in [-0.4, -0.2) is 14.2 Å². The van der Waals surface area contributed by atoms with Crippen LogP contribution >= 0.6 is 0 Å². The van der Waals surface area contributed by atoms with Gasteiger partial charge in [-0.2, -0.15) is 0 Å². The van der Waals surface area contributed by atoms with E-state index >= 15 is 0 Å². The van der Waals surface area contributed by atoms with E-state index in [0.717, 1.165) is 18.4 Å². The molecule has 1 aromatic rings. The number of hydrogen-bond acceptors (Lipinski definition) is 3. The van der Waals surface area contributed by atoms with E-state index < -0.39 is 15.7 Å². The minimum absolute atomic E-state index is 0.118. The Morgan fingerprint density at radius 3 is 2.61 bits per heavy atom. The summed E-state index contributed by atoms with van der Waals surface area (Å²) in [7, 11) is -3.24. The molecule has 0 aliphatic carbocycles. The van der Waals surface area contributed by atoms with Gasteiger partial charge >= 0.3 is 0 Å². The van der Waals surface area contributed by atoms with Gasteiger partial charge in [-0.25, -0.2) is 12.8 Å². The number of rotatable bonds is 7. The molecule has 3 nitrogen and oxygen atoms in total. The largest absolute Gasteiger partial charge is 0.326 e. The maximum Gasteiger partial charge on any atom is 0.154 e. The summed E-state index contributed by atoms with van der Waals surface area (Å²) in [5, 5.41) is 0. The molecule has 2 N–H and O–H groups in total. The highest BCUT2D eigenvalue weighted by Gasteiger charge is 2.14. The van der Waals surface area contributed by atoms with Gasteiger partial charge in [0.25, 0.3) is 0 Å². The fraction of sp³-hybridized carbons (Fsp3) is 0.538. The number of nitrogens with two attached hydrogens (primary N) is 1. The molecular weight excluding hydrogens is 253 g/mol. The molecule has 0 aliphatic rings. The van der Waals surface area contributed by atoms with Gasteiger partial charge in [0.1, 0.15) is 5.82 Å². The molecule has 0 atom stereocenters. The molecule has 102 valence electrons. The minimum atomic E-state index is -3.24. The van der Waals surface area contributed by atoms with Crippen LogP contribution in [0, 0.1) is 5.82 Å². The Balaban J connectivity index is 2.76. The standard InChI is InChI=1S/C13H20FNO2S/c1-2-3-4-7-18(16,17)10-12-8-11(9-15)5-6-13(12)14/h5-6,8H,2-4,7,9-10,15H2,1H3. The quantitative estimate of drug-likeness (QED) is 0.776. The van der Waals surface area contributed by atoms with Crippen molar-refractivity contribution in [2.24, 2.45) is 5.73 Å². The molecule has 1 rings (SSSR count). The first-order chi connectivity index (χ1) is 8.48. The van der Waals surface area contributed by atoms with E-state index in [0.29, 0.717) is 6.42 Å². The van der Waals surface area contributed by atoms with Gasteiger partial charge in [-0.05, 0) is 18.1 Å². The Morgan fingerprint density at radius 1 is 1.28 bits per heavy atom. The molecule has 0 amide bonds. The number of unbranched alkanes of at least 4 members (excludes halogenated alkanes) is 2. The zero-order chi connectivity index (χ0) is 13.6. The lowest BCUT2D eigenvalue weighted by Crippen LogP contribution is -2.11. The molecule has 5 heteroatoms. The van der Waals surface area contributed by atoms with Gasteiger partial charge in [-0.3, -0.25) is 0 Å². The third-order valence-electron chi connectivity index (χ3n) is 2.78. The predicted molar refractivity (Wildman–Crippen MR) is 71.3 cm³/mol. The third kappa shape index (κ3) is 4.74. The molecule has 0 radical (unpaired) electrons. The van der Waals surface area contributed by atoms with E-state index in [4.69, 9.17) is 5.73 Å². The van der Waals surface area contributed by atoms with E-state index in [-0.39, 0.29) is 23.6 Å². The first kappa shape index (κ1) is 15.1. The first-order valence-electron chi connectivity index (χ1n) is 6.16. The van der Waals surface area contributed by atoms with Gasteiger partial charge in [0.15, 0.2) is 9.84 Å². The van der Waals surface area contributed by atoms with Gasteiger partial charge in [0.2, 0.25) is 0 Å². The van der Waals surface area contributed by atoms with Crippen molar-refractivity contribution >= 4 is 9.84 Å². The normalized spacial score (nSPS) is 11.7. The monoisotopic (exact) mass is 273 g/mol. The van der Waals surface area contributed by atoms with Crippen molar-refractivity contribution in [2.45, 2.75) is 38.5 Å². The summed E-state index contributed by atoms with van der Waals surface area (Å²) in [6, 6.07) is 4.38. The second-order valence-electron chi connectivity index (χ2n) is 4.43. The summed E-state index contributed by atoms with van der Waals surface area (Å²) < 4.78 is 37.2. The van der Waals surface area contributed by atoms with Crippen LogP contribution in [0.3, 0.4) is 0 Å². The molecule has 0 aliphatic heterocycles. The Labute approximate surface area is 108 Å². The summed E-state index contributed by atoms with van der Waals surface area (Å²) in [6.07, 6.45) is 2.48. The van der Waals surface area contributed by atoms with Crippen molar-refractivity contribution in [3.8, 4) is 0 Å². The average Bonchev–Trinajstić information content (AvgIpc) is 2.32. The van der Waals surface area contributed by atoms with Crippen LogP contribution in [0.25, 0.3) is 0 Å². The highest BCUT2D eigenvalue weighted by molar-refractivity contribution is 7.90. The predicted octanol–water partition coefficient (Wildman–Crippen LogP) is 2.39. The number of hydrogen-bond donors (Lipinski definition) is 1. The van der Waals surface area contributed by atoms with Crippen LogP contribution in [0.2, 0.25) is 0 Å². The van der Waals surface area contributed by atoms with Crippen LogP contribution in [-0.2, 0) is 22.1 Å². The first-order valence-corrected chi connectivity index (χ1v) is 7.98. The zero-order valence-electron chi connectivity index (χ0n) is 10.7. The van der Waals surface area contributed by atoms with Crippen LogP contribution in [0.5, 0.6) is 0 Å². The lowest BCUT2D eigenvalue weighted by Gasteiger charge is -2.07.